The Morgan fingerprint density at radius 2 is 1.73 bits per heavy atom. The van der Waals surface area contributed by atoms with Crippen molar-refractivity contribution in [1.82, 2.24) is 15.3 Å². The number of hydrogen-bond donors (Lipinski definition) is 3. The summed E-state index contributed by atoms with van der Waals surface area (Å²) >= 11 is 6.19. The van der Waals surface area contributed by atoms with E-state index in [1.165, 1.54) is 18.5 Å². The van der Waals surface area contributed by atoms with Gasteiger partial charge >= 0.3 is 6.18 Å². The van der Waals surface area contributed by atoms with Gasteiger partial charge in [-0.25, -0.2) is 14.4 Å². The number of nitrogens with zero attached hydrogens (tertiary/aromatic N) is 2. The number of amides is 2. The highest BCUT2D eigenvalue weighted by atomic mass is 35.5. The first-order valence-corrected chi connectivity index (χ1v) is 13.3. The van der Waals surface area contributed by atoms with Crippen LogP contribution in [-0.2, 0) is 11.3 Å². The SMILES string of the molecule is CC(C)(C)C(=O)NCc1ccc(Cl)c(C(=O)Nc2cccc3c(NC4CCC(C(F)(F)F)CC4)ncnc23)c1F. The van der Waals surface area contributed by atoms with E-state index in [0.717, 1.165) is 0 Å². The lowest BCUT2D eigenvalue weighted by Gasteiger charge is -2.30. The Bertz CT molecular complexity index is 1420. The molecule has 0 aliphatic heterocycles. The number of para-hydroxylation sites is 1. The molecule has 0 radical (unpaired) electrons. The van der Waals surface area contributed by atoms with E-state index in [1.807, 2.05) is 0 Å². The molecule has 7 nitrogen and oxygen atoms in total. The molecule has 0 spiro atoms. The fourth-order valence-corrected chi connectivity index (χ4v) is 4.86. The second kappa shape index (κ2) is 11.6. The molecule has 1 aromatic heterocycles. The van der Waals surface area contributed by atoms with Crippen LogP contribution in [0.4, 0.5) is 29.1 Å². The van der Waals surface area contributed by atoms with Gasteiger partial charge in [-0.15, -0.1) is 0 Å². The van der Waals surface area contributed by atoms with Gasteiger partial charge in [-0.05, 0) is 43.9 Å². The van der Waals surface area contributed by atoms with Gasteiger partial charge < -0.3 is 16.0 Å². The van der Waals surface area contributed by atoms with Crippen LogP contribution >= 0.6 is 11.6 Å². The second-order valence-corrected chi connectivity index (χ2v) is 11.3. The minimum absolute atomic E-state index is 0.0385. The van der Waals surface area contributed by atoms with E-state index < -0.39 is 29.2 Å². The standard InChI is InChI=1S/C28H30ClF4N5O2/c1-27(2,3)26(40)34-13-15-7-12-19(29)21(22(15)30)25(39)38-20-6-4-5-18-23(20)35-14-36-24(18)37-17-10-8-16(9-11-17)28(31,32)33/h4-7,12,14,16-17H,8-11,13H2,1-3H3,(H,34,40)(H,38,39)(H,35,36,37). The Morgan fingerprint density at radius 1 is 1.02 bits per heavy atom. The summed E-state index contributed by atoms with van der Waals surface area (Å²) in [6.07, 6.45) is -2.14. The number of hydrogen-bond acceptors (Lipinski definition) is 5. The van der Waals surface area contributed by atoms with Crippen LogP contribution in [-0.4, -0.2) is 34.0 Å². The van der Waals surface area contributed by atoms with Crippen LogP contribution in [0.3, 0.4) is 0 Å². The summed E-state index contributed by atoms with van der Waals surface area (Å²) in [5.74, 6) is -2.81. The highest BCUT2D eigenvalue weighted by Crippen LogP contribution is 2.38. The van der Waals surface area contributed by atoms with E-state index in [-0.39, 0.29) is 53.2 Å². The first kappa shape index (κ1) is 29.5. The van der Waals surface area contributed by atoms with Crippen molar-refractivity contribution in [1.29, 1.82) is 0 Å². The third kappa shape index (κ3) is 6.63. The lowest BCUT2D eigenvalue weighted by atomic mass is 9.85. The molecule has 12 heteroatoms. The fraction of sp³-hybridized carbons (Fsp3) is 0.429. The Kier molecular flexibility index (Phi) is 8.53. The van der Waals surface area contributed by atoms with Crippen molar-refractivity contribution < 1.29 is 27.2 Å². The summed E-state index contributed by atoms with van der Waals surface area (Å²) in [4.78, 5) is 33.9. The summed E-state index contributed by atoms with van der Waals surface area (Å²) in [5, 5.41) is 8.98. The predicted molar refractivity (Wildman–Crippen MR) is 146 cm³/mol. The smallest absolute Gasteiger partial charge is 0.367 e. The molecule has 1 aliphatic rings. The number of aromatic nitrogens is 2. The number of benzene rings is 2. The maximum absolute atomic E-state index is 15.4. The number of rotatable bonds is 6. The van der Waals surface area contributed by atoms with Crippen LogP contribution in [0.25, 0.3) is 10.9 Å². The van der Waals surface area contributed by atoms with Crippen molar-refractivity contribution in [3.63, 3.8) is 0 Å². The van der Waals surface area contributed by atoms with E-state index in [9.17, 15) is 22.8 Å². The fourth-order valence-electron chi connectivity index (χ4n) is 4.63. The minimum Gasteiger partial charge on any atom is -0.367 e. The first-order valence-electron chi connectivity index (χ1n) is 12.9. The molecule has 0 atom stereocenters. The molecular weight excluding hydrogens is 550 g/mol. The molecule has 1 aliphatic carbocycles. The largest absolute Gasteiger partial charge is 0.391 e. The van der Waals surface area contributed by atoms with Gasteiger partial charge in [0.05, 0.1) is 27.7 Å². The Morgan fingerprint density at radius 3 is 2.38 bits per heavy atom. The average Bonchev–Trinajstić information content (AvgIpc) is 2.88. The number of fused-ring (bicyclic) bond motifs is 1. The van der Waals surface area contributed by atoms with Gasteiger partial charge in [0, 0.05) is 29.0 Å². The van der Waals surface area contributed by atoms with E-state index in [0.29, 0.717) is 29.6 Å². The van der Waals surface area contributed by atoms with E-state index in [4.69, 9.17) is 11.6 Å². The maximum atomic E-state index is 15.4. The van der Waals surface area contributed by atoms with Gasteiger partial charge in [0.2, 0.25) is 5.91 Å². The van der Waals surface area contributed by atoms with Gasteiger partial charge in [-0.2, -0.15) is 13.2 Å². The monoisotopic (exact) mass is 579 g/mol. The van der Waals surface area contributed by atoms with Crippen LogP contribution < -0.4 is 16.0 Å². The molecule has 3 aromatic rings. The highest BCUT2D eigenvalue weighted by Gasteiger charge is 2.41. The van der Waals surface area contributed by atoms with Crippen LogP contribution in [0.15, 0.2) is 36.7 Å². The summed E-state index contributed by atoms with van der Waals surface area (Å²) in [6, 6.07) is 7.57. The molecule has 1 heterocycles. The summed E-state index contributed by atoms with van der Waals surface area (Å²) < 4.78 is 54.5. The zero-order valence-electron chi connectivity index (χ0n) is 22.3. The molecule has 0 saturated heterocycles. The van der Waals surface area contributed by atoms with Gasteiger partial charge in [0.15, 0.2) is 0 Å². The number of anilines is 2. The van der Waals surface area contributed by atoms with Gasteiger partial charge in [0.1, 0.15) is 18.0 Å². The van der Waals surface area contributed by atoms with Crippen molar-refractivity contribution in [3.8, 4) is 0 Å². The number of carbonyl (C=O) groups excluding carboxylic acids is 2. The topological polar surface area (TPSA) is 96.0 Å². The molecule has 1 fully saturated rings. The zero-order chi connectivity index (χ0) is 29.2. The minimum atomic E-state index is -4.19. The normalized spacial score (nSPS) is 17.9. The lowest BCUT2D eigenvalue weighted by Crippen LogP contribution is -2.34. The number of alkyl halides is 3. The van der Waals surface area contributed by atoms with E-state index in [2.05, 4.69) is 25.9 Å². The van der Waals surface area contributed by atoms with Crippen molar-refractivity contribution in [2.24, 2.45) is 11.3 Å². The van der Waals surface area contributed by atoms with Gasteiger partial charge in [-0.3, -0.25) is 9.59 Å². The predicted octanol–water partition coefficient (Wildman–Crippen LogP) is 6.87. The zero-order valence-corrected chi connectivity index (χ0v) is 23.0. The molecular formula is C28H30ClF4N5O2. The molecule has 3 N–H and O–H groups in total. The molecule has 2 aromatic carbocycles. The second-order valence-electron chi connectivity index (χ2n) is 10.9. The van der Waals surface area contributed by atoms with E-state index >= 15 is 4.39 Å². The molecule has 40 heavy (non-hydrogen) atoms. The number of carbonyl (C=O) groups is 2. The van der Waals surface area contributed by atoms with Crippen LogP contribution in [0.2, 0.25) is 5.02 Å². The molecule has 0 unspecified atom stereocenters. The number of halogens is 5. The molecule has 0 bridgehead atoms. The van der Waals surface area contributed by atoms with Crippen LogP contribution in [0.1, 0.15) is 62.4 Å². The number of nitrogens with one attached hydrogen (secondary N) is 3. The average molecular weight is 580 g/mol. The molecule has 4 rings (SSSR count). The van der Waals surface area contributed by atoms with E-state index in [1.54, 1.807) is 39.0 Å². The van der Waals surface area contributed by atoms with Crippen LogP contribution in [0.5, 0.6) is 0 Å². The Balaban J connectivity index is 1.53. The first-order chi connectivity index (χ1) is 18.8. The molecule has 2 amide bonds. The Labute approximate surface area is 234 Å². The summed E-state index contributed by atoms with van der Waals surface area (Å²) in [7, 11) is 0. The quantitative estimate of drug-likeness (QED) is 0.277. The van der Waals surface area contributed by atoms with Crippen LogP contribution in [0, 0.1) is 17.2 Å². The molecule has 214 valence electrons. The van der Waals surface area contributed by atoms with Crippen molar-refractivity contribution in [2.45, 2.75) is 65.2 Å². The maximum Gasteiger partial charge on any atom is 0.391 e. The van der Waals surface area contributed by atoms with Gasteiger partial charge in [0.25, 0.3) is 5.91 Å². The highest BCUT2D eigenvalue weighted by molar-refractivity contribution is 6.34. The van der Waals surface area contributed by atoms with Crippen molar-refractivity contribution in [2.75, 3.05) is 10.6 Å². The lowest BCUT2D eigenvalue weighted by molar-refractivity contribution is -0.182. The van der Waals surface area contributed by atoms with Crippen molar-refractivity contribution >= 4 is 45.8 Å². The third-order valence-electron chi connectivity index (χ3n) is 6.96. The molecule has 1 saturated carbocycles. The van der Waals surface area contributed by atoms with Crippen molar-refractivity contribution in [3.05, 3.63) is 58.6 Å². The Hall–Kier alpha value is -3.47. The van der Waals surface area contributed by atoms with Gasteiger partial charge in [-0.1, -0.05) is 44.5 Å². The third-order valence-corrected chi connectivity index (χ3v) is 7.28. The summed E-state index contributed by atoms with van der Waals surface area (Å²) in [6.45, 7) is 5.06. The summed E-state index contributed by atoms with van der Waals surface area (Å²) in [5.41, 5.74) is -0.317.